The Bertz CT molecular complexity index is 520. The van der Waals surface area contributed by atoms with Crippen molar-refractivity contribution in [3.8, 4) is 0 Å². The van der Waals surface area contributed by atoms with Crippen molar-refractivity contribution in [2.24, 2.45) is 0 Å². The van der Waals surface area contributed by atoms with Crippen LogP contribution in [0.2, 0.25) is 0 Å². The summed E-state index contributed by atoms with van der Waals surface area (Å²) in [6, 6.07) is 1.47. The summed E-state index contributed by atoms with van der Waals surface area (Å²) in [5, 5.41) is 0. The zero-order valence-electron chi connectivity index (χ0n) is 7.18. The molecule has 0 aliphatic heterocycles. The van der Waals surface area contributed by atoms with Crippen molar-refractivity contribution in [3.63, 3.8) is 0 Å². The Kier molecular flexibility index (Phi) is 2.26. The van der Waals surface area contributed by atoms with Gasteiger partial charge in [0.15, 0.2) is 17.4 Å². The van der Waals surface area contributed by atoms with Crippen LogP contribution in [0.1, 0.15) is 20.7 Å². The van der Waals surface area contributed by atoms with Gasteiger partial charge < -0.3 is 0 Å². The van der Waals surface area contributed by atoms with Gasteiger partial charge in [0.2, 0.25) is 5.78 Å². The maximum Gasteiger partial charge on any atom is 0.200 e. The zero-order chi connectivity index (χ0) is 11.2. The molecule has 1 aliphatic carbocycles. The van der Waals surface area contributed by atoms with Gasteiger partial charge in [-0.2, -0.15) is 0 Å². The van der Waals surface area contributed by atoms with Crippen LogP contribution < -0.4 is 0 Å². The lowest BCUT2D eigenvalue weighted by atomic mass is 9.94. The van der Waals surface area contributed by atoms with Gasteiger partial charge in [0.25, 0.3) is 0 Å². The van der Waals surface area contributed by atoms with Crippen LogP contribution in [-0.4, -0.2) is 11.6 Å². The second-order valence-corrected chi connectivity index (χ2v) is 3.85. The van der Waals surface area contributed by atoms with Crippen LogP contribution in [-0.2, 0) is 0 Å². The molecule has 0 amide bonds. The highest BCUT2D eigenvalue weighted by Gasteiger charge is 2.26. The van der Waals surface area contributed by atoms with Gasteiger partial charge in [0.1, 0.15) is 0 Å². The fourth-order valence-electron chi connectivity index (χ4n) is 1.33. The predicted octanol–water partition coefficient (Wildman–Crippen LogP) is 2.62. The number of ketones is 2. The number of benzene rings is 1. The van der Waals surface area contributed by atoms with E-state index < -0.39 is 23.2 Å². The third-order valence-corrected chi connectivity index (χ3v) is 2.63. The lowest BCUT2D eigenvalue weighted by Gasteiger charge is -2.11. The molecule has 0 radical (unpaired) electrons. The number of fused-ring (bicyclic) bond motifs is 1. The van der Waals surface area contributed by atoms with Crippen LogP contribution >= 0.6 is 15.9 Å². The Labute approximate surface area is 91.7 Å². The quantitative estimate of drug-likeness (QED) is 0.728. The summed E-state index contributed by atoms with van der Waals surface area (Å²) < 4.78 is 25.7. The molecule has 1 aromatic rings. The molecular weight excluding hydrogens is 270 g/mol. The Morgan fingerprint density at radius 2 is 1.53 bits per heavy atom. The first kappa shape index (κ1) is 10.2. The molecule has 15 heavy (non-hydrogen) atoms. The molecule has 0 unspecified atom stereocenters. The first-order chi connectivity index (χ1) is 7.00. The minimum atomic E-state index is -1.14. The van der Waals surface area contributed by atoms with Crippen molar-refractivity contribution in [2.45, 2.75) is 0 Å². The Balaban J connectivity index is 2.73. The average molecular weight is 273 g/mol. The summed E-state index contributed by atoms with van der Waals surface area (Å²) in [7, 11) is 0. The van der Waals surface area contributed by atoms with Crippen LogP contribution in [0, 0.1) is 11.6 Å². The number of rotatable bonds is 0. The van der Waals surface area contributed by atoms with Gasteiger partial charge >= 0.3 is 0 Å². The third kappa shape index (κ3) is 1.52. The van der Waals surface area contributed by atoms with Gasteiger partial charge in [0, 0.05) is 17.2 Å². The van der Waals surface area contributed by atoms with E-state index in [-0.39, 0.29) is 15.6 Å². The minimum Gasteiger partial charge on any atom is -0.289 e. The topological polar surface area (TPSA) is 34.1 Å². The Morgan fingerprint density at radius 1 is 1.00 bits per heavy atom. The van der Waals surface area contributed by atoms with Crippen molar-refractivity contribution in [3.05, 3.63) is 45.5 Å². The molecule has 0 spiro atoms. The minimum absolute atomic E-state index is 0.0472. The van der Waals surface area contributed by atoms with Crippen LogP contribution in [0.5, 0.6) is 0 Å². The fourth-order valence-corrected chi connectivity index (χ4v) is 1.75. The summed E-state index contributed by atoms with van der Waals surface area (Å²) in [6.45, 7) is 0. The van der Waals surface area contributed by atoms with E-state index in [1.165, 1.54) is 0 Å². The molecule has 0 N–H and O–H groups in total. The van der Waals surface area contributed by atoms with Crippen molar-refractivity contribution >= 4 is 27.5 Å². The number of carbonyl (C=O) groups excluding carboxylic acids is 2. The largest absolute Gasteiger partial charge is 0.289 e. The third-order valence-electron chi connectivity index (χ3n) is 2.05. The monoisotopic (exact) mass is 272 g/mol. The zero-order valence-corrected chi connectivity index (χ0v) is 8.77. The average Bonchev–Trinajstić information content (AvgIpc) is 2.18. The molecule has 0 aromatic heterocycles. The summed E-state index contributed by atoms with van der Waals surface area (Å²) >= 11 is 2.88. The molecule has 0 bridgehead atoms. The summed E-state index contributed by atoms with van der Waals surface area (Å²) in [5.41, 5.74) is -0.227. The van der Waals surface area contributed by atoms with Gasteiger partial charge in [-0.1, -0.05) is 0 Å². The molecule has 76 valence electrons. The van der Waals surface area contributed by atoms with Crippen LogP contribution in [0.25, 0.3) is 0 Å². The predicted molar refractivity (Wildman–Crippen MR) is 52.0 cm³/mol. The molecule has 0 saturated heterocycles. The van der Waals surface area contributed by atoms with E-state index in [0.29, 0.717) is 0 Å². The van der Waals surface area contributed by atoms with Crippen molar-refractivity contribution in [2.75, 3.05) is 0 Å². The maximum atomic E-state index is 12.9. The molecule has 0 fully saturated rings. The van der Waals surface area contributed by atoms with Crippen molar-refractivity contribution in [1.82, 2.24) is 0 Å². The van der Waals surface area contributed by atoms with Gasteiger partial charge in [-0.25, -0.2) is 8.78 Å². The number of Topliss-reactive ketones (excluding diaryl/α,β-unsaturated/α-hetero) is 1. The van der Waals surface area contributed by atoms with Crippen molar-refractivity contribution < 1.29 is 18.4 Å². The SMILES string of the molecule is O=C1C=C(Br)C(=O)c2cc(F)c(F)cc21. The molecule has 0 heterocycles. The van der Waals surface area contributed by atoms with E-state index in [1.54, 1.807) is 0 Å². The lowest BCUT2D eigenvalue weighted by molar-refractivity contribution is 0.0991. The van der Waals surface area contributed by atoms with E-state index in [9.17, 15) is 18.4 Å². The number of hydrogen-bond acceptors (Lipinski definition) is 2. The fraction of sp³-hybridized carbons (Fsp3) is 0. The smallest absolute Gasteiger partial charge is 0.200 e. The molecule has 0 saturated carbocycles. The summed E-state index contributed by atoms with van der Waals surface area (Å²) in [5.74, 6) is -3.32. The second-order valence-electron chi connectivity index (χ2n) is 3.00. The van der Waals surface area contributed by atoms with Crippen LogP contribution in [0.3, 0.4) is 0 Å². The molecule has 2 rings (SSSR count). The highest BCUT2D eigenvalue weighted by Crippen LogP contribution is 2.26. The van der Waals surface area contributed by atoms with E-state index in [2.05, 4.69) is 15.9 Å². The van der Waals surface area contributed by atoms with Crippen LogP contribution in [0.15, 0.2) is 22.7 Å². The van der Waals surface area contributed by atoms with Crippen molar-refractivity contribution in [1.29, 1.82) is 0 Å². The molecule has 2 nitrogen and oxygen atoms in total. The van der Waals surface area contributed by atoms with Gasteiger partial charge in [-0.05, 0) is 28.1 Å². The van der Waals surface area contributed by atoms with Crippen LogP contribution in [0.4, 0.5) is 8.78 Å². The molecule has 1 aliphatic rings. The van der Waals surface area contributed by atoms with E-state index >= 15 is 0 Å². The molecule has 1 aromatic carbocycles. The summed E-state index contributed by atoms with van der Waals surface area (Å²) in [6.07, 6.45) is 1.04. The first-order valence-corrected chi connectivity index (χ1v) is 4.75. The normalized spacial score (nSPS) is 15.0. The maximum absolute atomic E-state index is 12.9. The first-order valence-electron chi connectivity index (χ1n) is 3.96. The second kappa shape index (κ2) is 3.34. The van der Waals surface area contributed by atoms with Gasteiger partial charge in [-0.15, -0.1) is 0 Å². The number of halogens is 3. The Morgan fingerprint density at radius 3 is 2.13 bits per heavy atom. The summed E-state index contributed by atoms with van der Waals surface area (Å²) in [4.78, 5) is 22.8. The molecule has 5 heteroatoms. The number of allylic oxidation sites excluding steroid dienone is 2. The highest BCUT2D eigenvalue weighted by molar-refractivity contribution is 9.12. The number of carbonyl (C=O) groups is 2. The van der Waals surface area contributed by atoms with E-state index in [4.69, 9.17) is 0 Å². The molecule has 0 atom stereocenters. The van der Waals surface area contributed by atoms with Gasteiger partial charge in [-0.3, -0.25) is 9.59 Å². The molecular formula is C10H3BrF2O2. The highest BCUT2D eigenvalue weighted by atomic mass is 79.9. The number of hydrogen-bond donors (Lipinski definition) is 0. The van der Waals surface area contributed by atoms with E-state index in [1.807, 2.05) is 0 Å². The van der Waals surface area contributed by atoms with Gasteiger partial charge in [0.05, 0.1) is 4.48 Å². The standard InChI is InChI=1S/C10H3BrF2O2/c11-6-3-9(14)4-1-7(12)8(13)2-5(4)10(6)15/h1-3H. The Hall–Kier alpha value is -1.36. The van der Waals surface area contributed by atoms with E-state index in [0.717, 1.165) is 18.2 Å². The lowest BCUT2D eigenvalue weighted by Crippen LogP contribution is -2.15.